The van der Waals surface area contributed by atoms with Crippen molar-refractivity contribution in [1.29, 1.82) is 0 Å². The van der Waals surface area contributed by atoms with Crippen molar-refractivity contribution in [2.24, 2.45) is 0 Å². The second kappa shape index (κ2) is 7.94. The number of nitrogens with one attached hydrogen (secondary N) is 2. The lowest BCUT2D eigenvalue weighted by Gasteiger charge is -2.07. The number of ether oxygens (including phenoxy) is 1. The first-order valence-corrected chi connectivity index (χ1v) is 8.61. The number of carbonyl (C=O) groups is 3. The van der Waals surface area contributed by atoms with E-state index in [0.29, 0.717) is 21.0 Å². The Labute approximate surface area is 150 Å². The summed E-state index contributed by atoms with van der Waals surface area (Å²) >= 11 is 1.04. The van der Waals surface area contributed by atoms with Crippen molar-refractivity contribution < 1.29 is 19.1 Å². The van der Waals surface area contributed by atoms with Gasteiger partial charge in [0, 0.05) is 12.6 Å². The Bertz CT molecular complexity index is 826. The number of hydrogen-bond donors (Lipinski definition) is 2. The van der Waals surface area contributed by atoms with Gasteiger partial charge in [0.15, 0.2) is 0 Å². The maximum absolute atomic E-state index is 12.5. The number of hydrogen-bond acceptors (Lipinski definition) is 5. The predicted octanol–water partition coefficient (Wildman–Crippen LogP) is 3.15. The predicted molar refractivity (Wildman–Crippen MR) is 97.5 cm³/mol. The van der Waals surface area contributed by atoms with E-state index < -0.39 is 5.97 Å². The molecular weight excluding hydrogens is 340 g/mol. The van der Waals surface area contributed by atoms with Crippen LogP contribution in [0.3, 0.4) is 0 Å². The van der Waals surface area contributed by atoms with Crippen molar-refractivity contribution in [3.8, 4) is 0 Å². The highest BCUT2D eigenvalue weighted by atomic mass is 32.1. The fraction of sp³-hybridized carbons (Fsp3) is 0.278. The first-order valence-electron chi connectivity index (χ1n) is 7.79. The van der Waals surface area contributed by atoms with Crippen LogP contribution in [0.2, 0.25) is 0 Å². The van der Waals surface area contributed by atoms with Crippen molar-refractivity contribution in [3.05, 3.63) is 51.4 Å². The van der Waals surface area contributed by atoms with Crippen molar-refractivity contribution in [2.45, 2.75) is 20.8 Å². The molecule has 2 amide bonds. The normalized spacial score (nSPS) is 10.2. The van der Waals surface area contributed by atoms with E-state index in [1.165, 1.54) is 7.05 Å². The van der Waals surface area contributed by atoms with E-state index in [0.717, 1.165) is 16.9 Å². The average Bonchev–Trinajstić information content (AvgIpc) is 2.90. The van der Waals surface area contributed by atoms with E-state index in [9.17, 15) is 14.4 Å². The molecule has 1 heterocycles. The number of amides is 2. The number of rotatable bonds is 5. The summed E-state index contributed by atoms with van der Waals surface area (Å²) < 4.78 is 5.02. The first-order chi connectivity index (χ1) is 11.9. The molecule has 0 saturated carbocycles. The topological polar surface area (TPSA) is 84.5 Å². The van der Waals surface area contributed by atoms with Gasteiger partial charge in [0.2, 0.25) is 0 Å². The van der Waals surface area contributed by atoms with Crippen molar-refractivity contribution in [2.75, 3.05) is 19.0 Å². The molecular formula is C18H20N2O4S. The van der Waals surface area contributed by atoms with E-state index in [-0.39, 0.29) is 24.0 Å². The zero-order chi connectivity index (χ0) is 18.6. The van der Waals surface area contributed by atoms with E-state index in [1.807, 2.05) is 13.0 Å². The molecule has 1 aromatic heterocycles. The minimum absolute atomic E-state index is 0.233. The maximum atomic E-state index is 12.5. The summed E-state index contributed by atoms with van der Waals surface area (Å²) in [4.78, 5) is 37.1. The highest BCUT2D eigenvalue weighted by Gasteiger charge is 2.26. The lowest BCUT2D eigenvalue weighted by atomic mass is 10.1. The van der Waals surface area contributed by atoms with Gasteiger partial charge in [-0.1, -0.05) is 17.7 Å². The van der Waals surface area contributed by atoms with Crippen LogP contribution in [-0.4, -0.2) is 31.4 Å². The van der Waals surface area contributed by atoms with Crippen LogP contribution in [0.5, 0.6) is 0 Å². The largest absolute Gasteiger partial charge is 0.462 e. The smallest absolute Gasteiger partial charge is 0.348 e. The number of esters is 1. The molecule has 0 atom stereocenters. The van der Waals surface area contributed by atoms with Gasteiger partial charge in [-0.25, -0.2) is 4.79 Å². The van der Waals surface area contributed by atoms with Crippen LogP contribution >= 0.6 is 11.3 Å². The van der Waals surface area contributed by atoms with Crippen LogP contribution in [0.1, 0.15) is 48.4 Å². The molecule has 6 nitrogen and oxygen atoms in total. The maximum Gasteiger partial charge on any atom is 0.348 e. The fourth-order valence-electron chi connectivity index (χ4n) is 2.35. The summed E-state index contributed by atoms with van der Waals surface area (Å²) in [6.45, 7) is 5.49. The van der Waals surface area contributed by atoms with Gasteiger partial charge >= 0.3 is 5.97 Å². The lowest BCUT2D eigenvalue weighted by Crippen LogP contribution is -2.21. The number of aryl methyl sites for hydroxylation is 1. The quantitative estimate of drug-likeness (QED) is 0.802. The molecule has 0 spiro atoms. The van der Waals surface area contributed by atoms with Gasteiger partial charge < -0.3 is 15.4 Å². The fourth-order valence-corrected chi connectivity index (χ4v) is 3.45. The van der Waals surface area contributed by atoms with Gasteiger partial charge in [0.25, 0.3) is 11.8 Å². The Morgan fingerprint density at radius 3 is 2.48 bits per heavy atom. The molecule has 0 unspecified atom stereocenters. The van der Waals surface area contributed by atoms with Crippen LogP contribution in [0.25, 0.3) is 0 Å². The van der Waals surface area contributed by atoms with Crippen molar-refractivity contribution in [3.63, 3.8) is 0 Å². The number of benzene rings is 1. The summed E-state index contributed by atoms with van der Waals surface area (Å²) in [5.74, 6) is -1.22. The van der Waals surface area contributed by atoms with E-state index >= 15 is 0 Å². The summed E-state index contributed by atoms with van der Waals surface area (Å²) in [5.41, 5.74) is 2.19. The van der Waals surface area contributed by atoms with Gasteiger partial charge in [0.05, 0.1) is 12.2 Å². The summed E-state index contributed by atoms with van der Waals surface area (Å²) in [7, 11) is 1.50. The van der Waals surface area contributed by atoms with Gasteiger partial charge in [-0.05, 0) is 38.5 Å². The second-order valence-corrected chi connectivity index (χ2v) is 6.40. The first kappa shape index (κ1) is 18.7. The van der Waals surface area contributed by atoms with Crippen LogP contribution in [0.4, 0.5) is 5.00 Å². The molecule has 0 aliphatic rings. The Kier molecular flexibility index (Phi) is 5.93. The zero-order valence-corrected chi connectivity index (χ0v) is 15.4. The molecule has 1 aromatic carbocycles. The molecule has 25 heavy (non-hydrogen) atoms. The molecule has 7 heteroatoms. The number of anilines is 1. The van der Waals surface area contributed by atoms with Crippen LogP contribution < -0.4 is 10.6 Å². The van der Waals surface area contributed by atoms with Gasteiger partial charge in [-0.2, -0.15) is 0 Å². The summed E-state index contributed by atoms with van der Waals surface area (Å²) in [6.07, 6.45) is 0. The molecule has 0 bridgehead atoms. The van der Waals surface area contributed by atoms with E-state index in [1.54, 1.807) is 32.0 Å². The van der Waals surface area contributed by atoms with Crippen molar-refractivity contribution >= 4 is 34.1 Å². The summed E-state index contributed by atoms with van der Waals surface area (Å²) in [6, 6.07) is 7.12. The number of thiophene rings is 1. The number of carbonyl (C=O) groups excluding carboxylic acids is 3. The molecule has 2 rings (SSSR count). The molecule has 0 aliphatic heterocycles. The monoisotopic (exact) mass is 360 g/mol. The average molecular weight is 360 g/mol. The molecule has 2 N–H and O–H groups in total. The van der Waals surface area contributed by atoms with Crippen molar-refractivity contribution in [1.82, 2.24) is 5.32 Å². The van der Waals surface area contributed by atoms with E-state index in [2.05, 4.69) is 10.6 Å². The lowest BCUT2D eigenvalue weighted by molar-refractivity contribution is 0.0531. The molecule has 0 fully saturated rings. The third-order valence-corrected chi connectivity index (χ3v) is 4.76. The van der Waals surface area contributed by atoms with Crippen LogP contribution in [0.15, 0.2) is 24.3 Å². The highest BCUT2D eigenvalue weighted by molar-refractivity contribution is 7.18. The SMILES string of the molecule is CCOC(=O)c1sc(NC(=O)c2cccc(C)c2)c(C(=O)NC)c1C. The third kappa shape index (κ3) is 4.06. The van der Waals surface area contributed by atoms with E-state index in [4.69, 9.17) is 4.74 Å². The Balaban J connectivity index is 2.41. The minimum Gasteiger partial charge on any atom is -0.462 e. The standard InChI is InChI=1S/C18H20N2O4S/c1-5-24-18(23)14-11(3)13(16(22)19-4)17(25-14)20-15(21)12-8-6-7-10(2)9-12/h6-9H,5H2,1-4H3,(H,19,22)(H,20,21). The molecule has 2 aromatic rings. The Morgan fingerprint density at radius 2 is 1.88 bits per heavy atom. The molecule has 132 valence electrons. The highest BCUT2D eigenvalue weighted by Crippen LogP contribution is 2.34. The summed E-state index contributed by atoms with van der Waals surface area (Å²) in [5, 5.41) is 5.60. The minimum atomic E-state index is -0.508. The molecule has 0 aliphatic carbocycles. The van der Waals surface area contributed by atoms with Gasteiger partial charge in [-0.3, -0.25) is 9.59 Å². The second-order valence-electron chi connectivity index (χ2n) is 5.38. The Morgan fingerprint density at radius 1 is 1.16 bits per heavy atom. The van der Waals surface area contributed by atoms with Crippen LogP contribution in [0, 0.1) is 13.8 Å². The van der Waals surface area contributed by atoms with Crippen LogP contribution in [-0.2, 0) is 4.74 Å². The molecule has 0 radical (unpaired) electrons. The third-order valence-electron chi connectivity index (χ3n) is 3.57. The Hall–Kier alpha value is -2.67. The van der Waals surface area contributed by atoms with Gasteiger partial charge in [0.1, 0.15) is 9.88 Å². The van der Waals surface area contributed by atoms with Gasteiger partial charge in [-0.15, -0.1) is 11.3 Å². The molecule has 0 saturated heterocycles. The zero-order valence-electron chi connectivity index (χ0n) is 14.6.